The summed E-state index contributed by atoms with van der Waals surface area (Å²) in [6.45, 7) is 3.75. The smallest absolute Gasteiger partial charge is 0.00923 e. The second-order valence-electron chi connectivity index (χ2n) is 4.51. The molecule has 0 saturated heterocycles. The zero-order valence-corrected chi connectivity index (χ0v) is 9.60. The summed E-state index contributed by atoms with van der Waals surface area (Å²) >= 11 is 0. The Hall–Kier alpha value is -0.300. The SMILES string of the molecule is C=CCCCCCC(NC)C1CCC1. The van der Waals surface area contributed by atoms with Gasteiger partial charge in [0.05, 0.1) is 0 Å². The predicted octanol–water partition coefficient (Wildman–Crippen LogP) is 3.51. The molecule has 1 N–H and O–H groups in total. The van der Waals surface area contributed by atoms with Crippen LogP contribution in [-0.2, 0) is 0 Å². The first-order valence-electron chi connectivity index (χ1n) is 6.16. The van der Waals surface area contributed by atoms with Gasteiger partial charge in [-0.25, -0.2) is 0 Å². The molecule has 0 aromatic rings. The number of allylic oxidation sites excluding steroid dienone is 1. The van der Waals surface area contributed by atoms with Crippen LogP contribution in [0.15, 0.2) is 12.7 Å². The number of unbranched alkanes of at least 4 members (excludes halogenated alkanes) is 3. The maximum absolute atomic E-state index is 3.75. The van der Waals surface area contributed by atoms with E-state index in [2.05, 4.69) is 18.9 Å². The van der Waals surface area contributed by atoms with Gasteiger partial charge >= 0.3 is 0 Å². The van der Waals surface area contributed by atoms with Crippen LogP contribution in [0, 0.1) is 5.92 Å². The molecule has 0 spiro atoms. The van der Waals surface area contributed by atoms with Crippen LogP contribution >= 0.6 is 0 Å². The topological polar surface area (TPSA) is 12.0 Å². The van der Waals surface area contributed by atoms with E-state index in [1.165, 1.54) is 51.4 Å². The van der Waals surface area contributed by atoms with Crippen molar-refractivity contribution in [1.29, 1.82) is 0 Å². The van der Waals surface area contributed by atoms with Crippen molar-refractivity contribution in [2.75, 3.05) is 7.05 Å². The Balaban J connectivity index is 1.99. The average Bonchev–Trinajstić information content (AvgIpc) is 2.12. The summed E-state index contributed by atoms with van der Waals surface area (Å²) in [5, 5.41) is 3.47. The Kier molecular flexibility index (Phi) is 5.93. The van der Waals surface area contributed by atoms with Crippen LogP contribution in [0.5, 0.6) is 0 Å². The van der Waals surface area contributed by atoms with Crippen molar-refractivity contribution in [3.8, 4) is 0 Å². The lowest BCUT2D eigenvalue weighted by molar-refractivity contribution is 0.224. The summed E-state index contributed by atoms with van der Waals surface area (Å²) in [7, 11) is 2.12. The summed E-state index contributed by atoms with van der Waals surface area (Å²) in [5.74, 6) is 0.986. The van der Waals surface area contributed by atoms with Gasteiger partial charge < -0.3 is 5.32 Å². The predicted molar refractivity (Wildman–Crippen MR) is 63.5 cm³/mol. The normalized spacial score (nSPS) is 18.9. The highest BCUT2D eigenvalue weighted by Gasteiger charge is 2.25. The van der Waals surface area contributed by atoms with Crippen LogP contribution in [0.1, 0.15) is 51.4 Å². The first-order chi connectivity index (χ1) is 6.88. The van der Waals surface area contributed by atoms with Gasteiger partial charge in [-0.05, 0) is 45.1 Å². The van der Waals surface area contributed by atoms with Crippen LogP contribution in [0.25, 0.3) is 0 Å². The molecular formula is C13H25N. The monoisotopic (exact) mass is 195 g/mol. The molecule has 0 aromatic heterocycles. The third kappa shape index (κ3) is 3.83. The molecule has 1 nitrogen and oxygen atoms in total. The summed E-state index contributed by atoms with van der Waals surface area (Å²) in [4.78, 5) is 0. The summed E-state index contributed by atoms with van der Waals surface area (Å²) in [6.07, 6.45) is 13.0. The highest BCUT2D eigenvalue weighted by atomic mass is 14.9. The van der Waals surface area contributed by atoms with Gasteiger partial charge in [0.15, 0.2) is 0 Å². The maximum Gasteiger partial charge on any atom is 0.00923 e. The fourth-order valence-electron chi connectivity index (χ4n) is 2.29. The van der Waals surface area contributed by atoms with E-state index in [1.807, 2.05) is 6.08 Å². The lowest BCUT2D eigenvalue weighted by Gasteiger charge is -2.33. The maximum atomic E-state index is 3.75. The largest absolute Gasteiger partial charge is 0.317 e. The zero-order chi connectivity index (χ0) is 10.2. The Morgan fingerprint density at radius 2 is 2.14 bits per heavy atom. The van der Waals surface area contributed by atoms with E-state index in [0.717, 1.165) is 12.0 Å². The van der Waals surface area contributed by atoms with Gasteiger partial charge in [0.25, 0.3) is 0 Å². The van der Waals surface area contributed by atoms with Crippen LogP contribution in [0.3, 0.4) is 0 Å². The Morgan fingerprint density at radius 3 is 2.64 bits per heavy atom. The molecule has 1 aliphatic carbocycles. The number of rotatable bonds is 8. The molecule has 1 aliphatic rings. The molecule has 0 aliphatic heterocycles. The van der Waals surface area contributed by atoms with Gasteiger partial charge in [-0.3, -0.25) is 0 Å². The Bertz CT molecular complexity index is 149. The summed E-state index contributed by atoms with van der Waals surface area (Å²) in [6, 6.07) is 0.799. The minimum Gasteiger partial charge on any atom is -0.317 e. The highest BCUT2D eigenvalue weighted by Crippen LogP contribution is 2.31. The molecule has 1 fully saturated rings. The standard InChI is InChI=1S/C13H25N/c1-3-4-5-6-7-11-13(14-2)12-9-8-10-12/h3,12-14H,1,4-11H2,2H3. The van der Waals surface area contributed by atoms with Gasteiger partial charge in [-0.15, -0.1) is 6.58 Å². The van der Waals surface area contributed by atoms with Crippen molar-refractivity contribution in [2.24, 2.45) is 5.92 Å². The van der Waals surface area contributed by atoms with Crippen LogP contribution < -0.4 is 5.32 Å². The number of hydrogen-bond acceptors (Lipinski definition) is 1. The molecule has 1 unspecified atom stereocenters. The number of nitrogens with one attached hydrogen (secondary N) is 1. The van der Waals surface area contributed by atoms with Crippen LogP contribution in [0.2, 0.25) is 0 Å². The van der Waals surface area contributed by atoms with Crippen molar-refractivity contribution in [2.45, 2.75) is 57.4 Å². The molecule has 0 radical (unpaired) electrons. The molecule has 14 heavy (non-hydrogen) atoms. The van der Waals surface area contributed by atoms with E-state index in [0.29, 0.717) is 0 Å². The van der Waals surface area contributed by atoms with E-state index in [9.17, 15) is 0 Å². The van der Waals surface area contributed by atoms with Gasteiger partial charge in [0.2, 0.25) is 0 Å². The van der Waals surface area contributed by atoms with E-state index in [-0.39, 0.29) is 0 Å². The van der Waals surface area contributed by atoms with Crippen molar-refractivity contribution < 1.29 is 0 Å². The van der Waals surface area contributed by atoms with Crippen molar-refractivity contribution in [3.63, 3.8) is 0 Å². The third-order valence-electron chi connectivity index (χ3n) is 3.51. The minimum atomic E-state index is 0.799. The van der Waals surface area contributed by atoms with E-state index >= 15 is 0 Å². The fraction of sp³-hybridized carbons (Fsp3) is 0.846. The van der Waals surface area contributed by atoms with Crippen molar-refractivity contribution >= 4 is 0 Å². The van der Waals surface area contributed by atoms with Crippen LogP contribution in [-0.4, -0.2) is 13.1 Å². The second-order valence-corrected chi connectivity index (χ2v) is 4.51. The highest BCUT2D eigenvalue weighted by molar-refractivity contribution is 4.81. The lowest BCUT2D eigenvalue weighted by Crippen LogP contribution is -2.37. The molecule has 82 valence electrons. The molecule has 1 heteroatoms. The van der Waals surface area contributed by atoms with Gasteiger partial charge in [-0.1, -0.05) is 25.3 Å². The number of hydrogen-bond donors (Lipinski definition) is 1. The molecule has 1 atom stereocenters. The second kappa shape index (κ2) is 7.05. The molecule has 1 saturated carbocycles. The molecule has 1 rings (SSSR count). The molecule has 0 amide bonds. The molecular weight excluding hydrogens is 170 g/mol. The van der Waals surface area contributed by atoms with Crippen LogP contribution in [0.4, 0.5) is 0 Å². The minimum absolute atomic E-state index is 0.799. The van der Waals surface area contributed by atoms with E-state index in [4.69, 9.17) is 0 Å². The molecule has 0 heterocycles. The first kappa shape index (κ1) is 11.8. The molecule has 0 aromatic carbocycles. The van der Waals surface area contributed by atoms with Gasteiger partial charge in [0, 0.05) is 6.04 Å². The quantitative estimate of drug-likeness (QED) is 0.461. The van der Waals surface area contributed by atoms with Crippen molar-refractivity contribution in [3.05, 3.63) is 12.7 Å². The first-order valence-corrected chi connectivity index (χ1v) is 6.16. The molecule has 0 bridgehead atoms. The Morgan fingerprint density at radius 1 is 1.36 bits per heavy atom. The lowest BCUT2D eigenvalue weighted by atomic mass is 9.78. The van der Waals surface area contributed by atoms with E-state index < -0.39 is 0 Å². The van der Waals surface area contributed by atoms with Gasteiger partial charge in [-0.2, -0.15) is 0 Å². The summed E-state index contributed by atoms with van der Waals surface area (Å²) < 4.78 is 0. The Labute approximate surface area is 89.0 Å². The fourth-order valence-corrected chi connectivity index (χ4v) is 2.29. The summed E-state index contributed by atoms with van der Waals surface area (Å²) in [5.41, 5.74) is 0. The average molecular weight is 195 g/mol. The van der Waals surface area contributed by atoms with Crippen molar-refractivity contribution in [1.82, 2.24) is 5.32 Å². The van der Waals surface area contributed by atoms with E-state index in [1.54, 1.807) is 0 Å². The van der Waals surface area contributed by atoms with Gasteiger partial charge in [0.1, 0.15) is 0 Å². The third-order valence-corrected chi connectivity index (χ3v) is 3.51. The zero-order valence-electron chi connectivity index (χ0n) is 9.60.